The first-order chi connectivity index (χ1) is 10.3. The van der Waals surface area contributed by atoms with Crippen LogP contribution in [0.3, 0.4) is 0 Å². The van der Waals surface area contributed by atoms with E-state index in [1.807, 2.05) is 0 Å². The lowest BCUT2D eigenvalue weighted by molar-refractivity contribution is 0.389. The molecule has 3 heterocycles. The fourth-order valence-electron chi connectivity index (χ4n) is 2.64. The molecule has 0 aliphatic carbocycles. The number of rotatable bonds is 8. The third-order valence-electron chi connectivity index (χ3n) is 4.17. The van der Waals surface area contributed by atoms with Crippen molar-refractivity contribution in [2.24, 2.45) is 0 Å². The molecule has 3 fully saturated rings. The molecule has 0 amide bonds. The summed E-state index contributed by atoms with van der Waals surface area (Å²) in [6.07, 6.45) is 1.20. The van der Waals surface area contributed by atoms with Crippen molar-refractivity contribution in [1.82, 2.24) is 0 Å². The standard InChI is InChI=1S/C16H22N2O3/c1-17(6-14-9-19-14)12-3-2-4-13(5-12)18(7-15-10-20-15)8-16-11-21-16/h2-5,14-16H,6-11H2,1H3. The molecule has 0 bridgehead atoms. The van der Waals surface area contributed by atoms with Crippen LogP contribution in [0.15, 0.2) is 24.3 Å². The Bertz CT molecular complexity index is 484. The van der Waals surface area contributed by atoms with Crippen molar-refractivity contribution < 1.29 is 14.2 Å². The van der Waals surface area contributed by atoms with Crippen LogP contribution in [0.25, 0.3) is 0 Å². The second-order valence-electron chi connectivity index (χ2n) is 6.17. The van der Waals surface area contributed by atoms with E-state index in [2.05, 4.69) is 41.1 Å². The van der Waals surface area contributed by atoms with Crippen molar-refractivity contribution in [2.75, 3.05) is 56.3 Å². The molecule has 3 unspecified atom stereocenters. The Kier molecular flexibility index (Phi) is 3.49. The molecule has 5 nitrogen and oxygen atoms in total. The third kappa shape index (κ3) is 3.67. The summed E-state index contributed by atoms with van der Waals surface area (Å²) >= 11 is 0. The Morgan fingerprint density at radius 2 is 1.43 bits per heavy atom. The van der Waals surface area contributed by atoms with Gasteiger partial charge in [-0.25, -0.2) is 0 Å². The average molecular weight is 290 g/mol. The van der Waals surface area contributed by atoms with E-state index in [9.17, 15) is 0 Å². The molecule has 0 N–H and O–H groups in total. The minimum atomic E-state index is 0.394. The van der Waals surface area contributed by atoms with E-state index in [0.29, 0.717) is 18.3 Å². The van der Waals surface area contributed by atoms with Crippen molar-refractivity contribution >= 4 is 11.4 Å². The summed E-state index contributed by atoms with van der Waals surface area (Å²) in [6.45, 7) is 5.55. The molecule has 1 aromatic rings. The van der Waals surface area contributed by atoms with Crippen molar-refractivity contribution in [3.63, 3.8) is 0 Å². The molecular weight excluding hydrogens is 268 g/mol. The zero-order chi connectivity index (χ0) is 14.2. The van der Waals surface area contributed by atoms with Crippen molar-refractivity contribution in [1.29, 1.82) is 0 Å². The van der Waals surface area contributed by atoms with Crippen LogP contribution in [0.2, 0.25) is 0 Å². The Morgan fingerprint density at radius 1 is 0.905 bits per heavy atom. The number of ether oxygens (including phenoxy) is 3. The summed E-state index contributed by atoms with van der Waals surface area (Å²) in [5.41, 5.74) is 2.49. The largest absolute Gasteiger partial charge is 0.372 e. The normalized spacial score (nSPS) is 29.1. The molecule has 1 aromatic carbocycles. The van der Waals surface area contributed by atoms with Crippen molar-refractivity contribution in [3.8, 4) is 0 Å². The van der Waals surface area contributed by atoms with Gasteiger partial charge in [0.2, 0.25) is 0 Å². The molecule has 3 saturated heterocycles. The zero-order valence-corrected chi connectivity index (χ0v) is 12.4. The van der Waals surface area contributed by atoms with Gasteiger partial charge in [-0.15, -0.1) is 0 Å². The highest BCUT2D eigenvalue weighted by molar-refractivity contribution is 5.59. The predicted molar refractivity (Wildman–Crippen MR) is 81.1 cm³/mol. The summed E-state index contributed by atoms with van der Waals surface area (Å²) in [5.74, 6) is 0. The molecule has 3 aliphatic heterocycles. The summed E-state index contributed by atoms with van der Waals surface area (Å²) in [7, 11) is 2.12. The minimum absolute atomic E-state index is 0.394. The maximum Gasteiger partial charge on any atom is 0.0984 e. The smallest absolute Gasteiger partial charge is 0.0984 e. The van der Waals surface area contributed by atoms with E-state index in [1.54, 1.807) is 0 Å². The number of nitrogens with zero attached hydrogens (tertiary/aromatic N) is 2. The van der Waals surface area contributed by atoms with Crippen LogP contribution >= 0.6 is 0 Å². The summed E-state index contributed by atoms with van der Waals surface area (Å²) in [4.78, 5) is 4.65. The van der Waals surface area contributed by atoms with Gasteiger partial charge in [-0.05, 0) is 18.2 Å². The van der Waals surface area contributed by atoms with E-state index in [0.717, 1.165) is 39.5 Å². The molecule has 3 atom stereocenters. The zero-order valence-electron chi connectivity index (χ0n) is 12.4. The van der Waals surface area contributed by atoms with Gasteiger partial charge in [0, 0.05) is 38.1 Å². The monoisotopic (exact) mass is 290 g/mol. The Hall–Kier alpha value is -1.30. The number of hydrogen-bond donors (Lipinski definition) is 0. The number of likely N-dealkylation sites (N-methyl/N-ethyl adjacent to an activating group) is 1. The quantitative estimate of drug-likeness (QED) is 0.671. The van der Waals surface area contributed by atoms with Crippen LogP contribution in [0.1, 0.15) is 0 Å². The molecule has 21 heavy (non-hydrogen) atoms. The van der Waals surface area contributed by atoms with Gasteiger partial charge in [0.1, 0.15) is 0 Å². The molecule has 0 aromatic heterocycles. The Morgan fingerprint density at radius 3 is 2.00 bits per heavy atom. The third-order valence-corrected chi connectivity index (χ3v) is 4.17. The Labute approximate surface area is 125 Å². The average Bonchev–Trinajstić information content (AvgIpc) is 3.34. The van der Waals surface area contributed by atoms with E-state index in [4.69, 9.17) is 14.2 Å². The lowest BCUT2D eigenvalue weighted by atomic mass is 10.2. The molecule has 114 valence electrons. The SMILES string of the molecule is CN(CC1CO1)c1cccc(N(CC2CO2)CC2CO2)c1. The van der Waals surface area contributed by atoms with Crippen LogP contribution < -0.4 is 9.80 Å². The molecule has 4 rings (SSSR count). The van der Waals surface area contributed by atoms with Crippen LogP contribution in [-0.4, -0.2) is 64.8 Å². The molecular formula is C16H22N2O3. The van der Waals surface area contributed by atoms with Gasteiger partial charge in [-0.3, -0.25) is 0 Å². The van der Waals surface area contributed by atoms with Crippen molar-refractivity contribution in [3.05, 3.63) is 24.3 Å². The number of anilines is 2. The van der Waals surface area contributed by atoms with Gasteiger partial charge < -0.3 is 24.0 Å². The lowest BCUT2D eigenvalue weighted by Crippen LogP contribution is -2.32. The lowest BCUT2D eigenvalue weighted by Gasteiger charge is -2.26. The van der Waals surface area contributed by atoms with Crippen LogP contribution in [0.4, 0.5) is 11.4 Å². The summed E-state index contributed by atoms with van der Waals surface area (Å²) < 4.78 is 16.1. The van der Waals surface area contributed by atoms with Crippen LogP contribution in [-0.2, 0) is 14.2 Å². The van der Waals surface area contributed by atoms with E-state index in [1.165, 1.54) is 11.4 Å². The van der Waals surface area contributed by atoms with E-state index < -0.39 is 0 Å². The molecule has 0 saturated carbocycles. The number of hydrogen-bond acceptors (Lipinski definition) is 5. The van der Waals surface area contributed by atoms with Gasteiger partial charge >= 0.3 is 0 Å². The first-order valence-electron chi connectivity index (χ1n) is 7.69. The predicted octanol–water partition coefficient (Wildman–Crippen LogP) is 1.13. The highest BCUT2D eigenvalue weighted by Crippen LogP contribution is 2.26. The highest BCUT2D eigenvalue weighted by Gasteiger charge is 2.31. The summed E-state index contributed by atoms with van der Waals surface area (Å²) in [6, 6.07) is 8.72. The fourth-order valence-corrected chi connectivity index (χ4v) is 2.64. The second-order valence-corrected chi connectivity index (χ2v) is 6.17. The summed E-state index contributed by atoms with van der Waals surface area (Å²) in [5, 5.41) is 0. The fraction of sp³-hybridized carbons (Fsp3) is 0.625. The van der Waals surface area contributed by atoms with Gasteiger partial charge in [0.15, 0.2) is 0 Å². The molecule has 5 heteroatoms. The first-order valence-corrected chi connectivity index (χ1v) is 7.69. The maximum atomic E-state index is 5.39. The second kappa shape index (κ2) is 5.48. The number of benzene rings is 1. The Balaban J connectivity index is 1.47. The minimum Gasteiger partial charge on any atom is -0.372 e. The van der Waals surface area contributed by atoms with Gasteiger partial charge in [-0.1, -0.05) is 6.07 Å². The van der Waals surface area contributed by atoms with Crippen LogP contribution in [0.5, 0.6) is 0 Å². The highest BCUT2D eigenvalue weighted by atomic mass is 16.6. The van der Waals surface area contributed by atoms with Crippen LogP contribution in [0, 0.1) is 0 Å². The maximum absolute atomic E-state index is 5.39. The van der Waals surface area contributed by atoms with Crippen molar-refractivity contribution in [2.45, 2.75) is 18.3 Å². The van der Waals surface area contributed by atoms with Gasteiger partial charge in [0.25, 0.3) is 0 Å². The van der Waals surface area contributed by atoms with Gasteiger partial charge in [-0.2, -0.15) is 0 Å². The number of epoxide rings is 3. The molecule has 3 aliphatic rings. The molecule has 0 radical (unpaired) electrons. The van der Waals surface area contributed by atoms with E-state index in [-0.39, 0.29) is 0 Å². The topological polar surface area (TPSA) is 44.1 Å². The first kappa shape index (κ1) is 13.4. The molecule has 0 spiro atoms. The van der Waals surface area contributed by atoms with E-state index >= 15 is 0 Å². The van der Waals surface area contributed by atoms with Gasteiger partial charge in [0.05, 0.1) is 38.1 Å².